The molecule has 5 nitrogen and oxygen atoms in total. The van der Waals surface area contributed by atoms with Gasteiger partial charge in [-0.15, -0.1) is 6.42 Å². The number of rotatable bonds is 5. The van der Waals surface area contributed by atoms with Gasteiger partial charge in [-0.3, -0.25) is 0 Å². The molecule has 0 spiro atoms. The number of carboxylic acids is 1. The minimum absolute atomic E-state index is 0.148. The molecule has 2 amide bonds. The first-order valence-corrected chi connectivity index (χ1v) is 6.01. The van der Waals surface area contributed by atoms with Crippen LogP contribution in [0.1, 0.15) is 23.7 Å². The second-order valence-electron chi connectivity index (χ2n) is 4.06. The third-order valence-electron chi connectivity index (χ3n) is 2.51. The number of amides is 2. The van der Waals surface area contributed by atoms with E-state index in [1.165, 1.54) is 11.0 Å². The largest absolute Gasteiger partial charge is 0.478 e. The smallest absolute Gasteiger partial charge is 0.338 e. The highest BCUT2D eigenvalue weighted by Gasteiger charge is 2.14. The molecule has 106 valence electrons. The molecule has 20 heavy (non-hydrogen) atoms. The average Bonchev–Trinajstić information content (AvgIpc) is 2.38. The van der Waals surface area contributed by atoms with E-state index in [1.54, 1.807) is 0 Å². The van der Waals surface area contributed by atoms with Crippen LogP contribution in [0.3, 0.4) is 0 Å². The van der Waals surface area contributed by atoms with Crippen molar-refractivity contribution in [2.75, 3.05) is 18.4 Å². The molecule has 0 aliphatic heterocycles. The van der Waals surface area contributed by atoms with E-state index >= 15 is 0 Å². The van der Waals surface area contributed by atoms with Crippen LogP contribution < -0.4 is 5.32 Å². The van der Waals surface area contributed by atoms with Crippen molar-refractivity contribution in [2.45, 2.75) is 13.3 Å². The summed E-state index contributed by atoms with van der Waals surface area (Å²) < 4.78 is 13.5. The number of hydrogen-bond acceptors (Lipinski definition) is 2. The predicted octanol–water partition coefficient (Wildman–Crippen LogP) is 2.40. The van der Waals surface area contributed by atoms with Crippen molar-refractivity contribution < 1.29 is 19.1 Å². The van der Waals surface area contributed by atoms with E-state index in [0.29, 0.717) is 6.54 Å². The molecule has 0 unspecified atom stereocenters. The summed E-state index contributed by atoms with van der Waals surface area (Å²) in [6, 6.07) is 2.93. The Morgan fingerprint density at radius 2 is 2.20 bits per heavy atom. The van der Waals surface area contributed by atoms with Crippen LogP contribution in [0.5, 0.6) is 0 Å². The molecular formula is C14H15FN2O3. The Kier molecular flexibility index (Phi) is 5.54. The lowest BCUT2D eigenvalue weighted by atomic mass is 10.2. The fourth-order valence-electron chi connectivity index (χ4n) is 1.60. The van der Waals surface area contributed by atoms with Crippen LogP contribution >= 0.6 is 0 Å². The van der Waals surface area contributed by atoms with Crippen LogP contribution in [0.15, 0.2) is 18.2 Å². The van der Waals surface area contributed by atoms with Gasteiger partial charge in [0.2, 0.25) is 0 Å². The molecular weight excluding hydrogens is 263 g/mol. The van der Waals surface area contributed by atoms with Gasteiger partial charge in [-0.1, -0.05) is 12.8 Å². The van der Waals surface area contributed by atoms with Gasteiger partial charge in [-0.25, -0.2) is 14.0 Å². The van der Waals surface area contributed by atoms with Crippen molar-refractivity contribution >= 4 is 17.7 Å². The molecule has 6 heteroatoms. The number of carbonyl (C=O) groups is 2. The fourth-order valence-corrected chi connectivity index (χ4v) is 1.60. The van der Waals surface area contributed by atoms with E-state index in [0.717, 1.165) is 18.6 Å². The number of nitrogens with zero attached hydrogens (tertiary/aromatic N) is 1. The number of hydrogen-bond donors (Lipinski definition) is 2. The number of halogens is 1. The molecule has 0 heterocycles. The molecule has 0 aromatic heterocycles. The molecule has 2 N–H and O–H groups in total. The van der Waals surface area contributed by atoms with E-state index in [4.69, 9.17) is 11.5 Å². The lowest BCUT2D eigenvalue weighted by molar-refractivity contribution is 0.0692. The summed E-state index contributed by atoms with van der Waals surface area (Å²) in [4.78, 5) is 24.0. The number of urea groups is 1. The molecule has 0 saturated heterocycles. The third-order valence-corrected chi connectivity index (χ3v) is 2.51. The van der Waals surface area contributed by atoms with Gasteiger partial charge in [0.25, 0.3) is 0 Å². The number of carboxylic acid groups (broad SMARTS) is 1. The van der Waals surface area contributed by atoms with E-state index in [-0.39, 0.29) is 12.2 Å². The lowest BCUT2D eigenvalue weighted by Crippen LogP contribution is -2.35. The van der Waals surface area contributed by atoms with Gasteiger partial charge in [0.05, 0.1) is 12.1 Å². The van der Waals surface area contributed by atoms with Crippen molar-refractivity contribution in [3.63, 3.8) is 0 Å². The predicted molar refractivity (Wildman–Crippen MR) is 73.1 cm³/mol. The Bertz CT molecular complexity index is 552. The molecule has 0 aliphatic carbocycles. The SMILES string of the molecule is C#CCN(CCC)C(=O)Nc1ccc(C(=O)O)c(F)c1. The van der Waals surface area contributed by atoms with Crippen LogP contribution in [0, 0.1) is 18.2 Å². The second-order valence-corrected chi connectivity index (χ2v) is 4.06. The van der Waals surface area contributed by atoms with Crippen molar-refractivity contribution in [3.05, 3.63) is 29.6 Å². The summed E-state index contributed by atoms with van der Waals surface area (Å²) >= 11 is 0. The van der Waals surface area contributed by atoms with E-state index in [9.17, 15) is 14.0 Å². The topological polar surface area (TPSA) is 69.6 Å². The fraction of sp³-hybridized carbons (Fsp3) is 0.286. The highest BCUT2D eigenvalue weighted by Crippen LogP contribution is 2.15. The molecule has 1 aromatic rings. The summed E-state index contributed by atoms with van der Waals surface area (Å²) in [7, 11) is 0. The number of aromatic carboxylic acids is 1. The van der Waals surface area contributed by atoms with Crippen LogP contribution in [0.2, 0.25) is 0 Å². The maximum atomic E-state index is 13.5. The summed E-state index contributed by atoms with van der Waals surface area (Å²) in [5.41, 5.74) is -0.271. The summed E-state index contributed by atoms with van der Waals surface area (Å²) in [6.07, 6.45) is 5.91. The average molecular weight is 278 g/mol. The van der Waals surface area contributed by atoms with Gasteiger partial charge in [0.15, 0.2) is 0 Å². The van der Waals surface area contributed by atoms with Gasteiger partial charge >= 0.3 is 12.0 Å². The zero-order valence-corrected chi connectivity index (χ0v) is 11.0. The van der Waals surface area contributed by atoms with E-state index in [1.807, 2.05) is 6.92 Å². The molecule has 0 atom stereocenters. The first-order valence-electron chi connectivity index (χ1n) is 6.01. The first kappa shape index (κ1) is 15.5. The summed E-state index contributed by atoms with van der Waals surface area (Å²) in [5.74, 6) is 0.0991. The third kappa shape index (κ3) is 3.99. The normalized spacial score (nSPS) is 9.65. The highest BCUT2D eigenvalue weighted by atomic mass is 19.1. The van der Waals surface area contributed by atoms with E-state index < -0.39 is 23.4 Å². The van der Waals surface area contributed by atoms with Crippen LogP contribution in [-0.2, 0) is 0 Å². The van der Waals surface area contributed by atoms with Gasteiger partial charge in [-0.05, 0) is 24.6 Å². The molecule has 0 fully saturated rings. The molecule has 0 radical (unpaired) electrons. The van der Waals surface area contributed by atoms with Crippen LogP contribution in [-0.4, -0.2) is 35.1 Å². The second kappa shape index (κ2) is 7.14. The van der Waals surface area contributed by atoms with Crippen molar-refractivity contribution in [3.8, 4) is 12.3 Å². The number of benzene rings is 1. The van der Waals surface area contributed by atoms with Gasteiger partial charge in [0.1, 0.15) is 5.82 Å². The number of anilines is 1. The van der Waals surface area contributed by atoms with Gasteiger partial charge in [0, 0.05) is 12.2 Å². The number of terminal acetylenes is 1. The standard InChI is InChI=1S/C14H15FN2O3/c1-3-7-17(8-4-2)14(20)16-10-5-6-11(13(18)19)12(15)9-10/h1,5-6,9H,4,7-8H2,2H3,(H,16,20)(H,18,19). The van der Waals surface area contributed by atoms with Gasteiger partial charge < -0.3 is 15.3 Å². The van der Waals surface area contributed by atoms with Crippen molar-refractivity contribution in [1.29, 1.82) is 0 Å². The maximum Gasteiger partial charge on any atom is 0.338 e. The quantitative estimate of drug-likeness (QED) is 0.812. The molecule has 0 saturated carbocycles. The molecule has 1 aromatic carbocycles. The Morgan fingerprint density at radius 3 is 2.70 bits per heavy atom. The lowest BCUT2D eigenvalue weighted by Gasteiger charge is -2.20. The monoisotopic (exact) mass is 278 g/mol. The maximum absolute atomic E-state index is 13.5. The van der Waals surface area contributed by atoms with Crippen molar-refractivity contribution in [1.82, 2.24) is 4.90 Å². The first-order chi connectivity index (χ1) is 9.49. The summed E-state index contributed by atoms with van der Waals surface area (Å²) in [5, 5.41) is 11.2. The van der Waals surface area contributed by atoms with Crippen molar-refractivity contribution in [2.24, 2.45) is 0 Å². The van der Waals surface area contributed by atoms with E-state index in [2.05, 4.69) is 11.2 Å². The minimum atomic E-state index is -1.36. The number of nitrogens with one attached hydrogen (secondary N) is 1. The Labute approximate surface area is 116 Å². The van der Waals surface area contributed by atoms with Crippen LogP contribution in [0.25, 0.3) is 0 Å². The zero-order chi connectivity index (χ0) is 15.1. The van der Waals surface area contributed by atoms with Gasteiger partial charge in [-0.2, -0.15) is 0 Å². The molecule has 1 rings (SSSR count). The van der Waals surface area contributed by atoms with Crippen LogP contribution in [0.4, 0.5) is 14.9 Å². The number of carbonyl (C=O) groups excluding carboxylic acids is 1. The molecule has 0 aliphatic rings. The molecule has 0 bridgehead atoms. The Balaban J connectivity index is 2.82. The minimum Gasteiger partial charge on any atom is -0.478 e. The zero-order valence-electron chi connectivity index (χ0n) is 11.0. The Morgan fingerprint density at radius 1 is 1.50 bits per heavy atom. The summed E-state index contributed by atoms with van der Waals surface area (Å²) in [6.45, 7) is 2.53. The Hall–Kier alpha value is -2.55. The highest BCUT2D eigenvalue weighted by molar-refractivity contribution is 5.91.